The van der Waals surface area contributed by atoms with Crippen molar-refractivity contribution in [2.75, 3.05) is 13.1 Å². The number of hydrogen-bond acceptors (Lipinski definition) is 2. The second kappa shape index (κ2) is 8.36. The summed E-state index contributed by atoms with van der Waals surface area (Å²) in [4.78, 5) is 12.5. The van der Waals surface area contributed by atoms with Gasteiger partial charge in [0.25, 0.3) is 5.91 Å². The Morgan fingerprint density at radius 1 is 1.29 bits per heavy atom. The van der Waals surface area contributed by atoms with Crippen LogP contribution in [0.2, 0.25) is 0 Å². The highest BCUT2D eigenvalue weighted by atomic mass is 35.5. The Labute approximate surface area is 150 Å². The maximum atomic E-state index is 12.5. The minimum Gasteiger partial charge on any atom is -0.350 e. The van der Waals surface area contributed by atoms with Crippen LogP contribution >= 0.6 is 12.4 Å². The quantitative estimate of drug-likeness (QED) is 0.873. The summed E-state index contributed by atoms with van der Waals surface area (Å²) in [5.74, 6) is 0.0334. The van der Waals surface area contributed by atoms with Crippen molar-refractivity contribution in [1.82, 2.24) is 15.2 Å². The van der Waals surface area contributed by atoms with Crippen molar-refractivity contribution < 1.29 is 4.79 Å². The molecule has 1 atom stereocenters. The monoisotopic (exact) mass is 347 g/mol. The molecule has 0 bridgehead atoms. The lowest BCUT2D eigenvalue weighted by Gasteiger charge is -2.12. The Morgan fingerprint density at radius 2 is 2.04 bits per heavy atom. The number of carbonyl (C=O) groups excluding carboxylic acids is 1. The van der Waals surface area contributed by atoms with E-state index < -0.39 is 0 Å². The third kappa shape index (κ3) is 4.19. The second-order valence-corrected chi connectivity index (χ2v) is 6.36. The fourth-order valence-electron chi connectivity index (χ4n) is 3.28. The molecular formula is C19H26ClN3O. The molecular weight excluding hydrogens is 322 g/mol. The number of hydrogen-bond donors (Lipinski definition) is 2. The highest BCUT2D eigenvalue weighted by Gasteiger charge is 2.18. The largest absolute Gasteiger partial charge is 0.350 e. The van der Waals surface area contributed by atoms with E-state index in [-0.39, 0.29) is 18.3 Å². The van der Waals surface area contributed by atoms with E-state index in [0.29, 0.717) is 12.6 Å². The van der Waals surface area contributed by atoms with Gasteiger partial charge in [0.2, 0.25) is 0 Å². The van der Waals surface area contributed by atoms with Gasteiger partial charge in [-0.15, -0.1) is 12.4 Å². The molecule has 1 aromatic heterocycles. The molecule has 1 amide bonds. The van der Waals surface area contributed by atoms with Gasteiger partial charge in [0, 0.05) is 30.5 Å². The molecule has 24 heavy (non-hydrogen) atoms. The molecule has 130 valence electrons. The predicted octanol–water partition coefficient (Wildman–Crippen LogP) is 3.06. The summed E-state index contributed by atoms with van der Waals surface area (Å²) in [5, 5.41) is 6.48. The number of benzene rings is 1. The summed E-state index contributed by atoms with van der Waals surface area (Å²) in [6.45, 7) is 6.66. The average Bonchev–Trinajstić information content (AvgIpc) is 3.17. The summed E-state index contributed by atoms with van der Waals surface area (Å²) >= 11 is 0. The zero-order chi connectivity index (χ0) is 16.2. The molecule has 1 unspecified atom stereocenters. The lowest BCUT2D eigenvalue weighted by molar-refractivity contribution is 0.0949. The smallest absolute Gasteiger partial charge is 0.253 e. The van der Waals surface area contributed by atoms with Crippen molar-refractivity contribution in [2.45, 2.75) is 39.3 Å². The van der Waals surface area contributed by atoms with Crippen LogP contribution in [0.1, 0.15) is 40.2 Å². The first-order valence-electron chi connectivity index (χ1n) is 8.37. The lowest BCUT2D eigenvalue weighted by Crippen LogP contribution is -2.37. The van der Waals surface area contributed by atoms with Gasteiger partial charge in [-0.3, -0.25) is 4.79 Å². The molecule has 1 saturated heterocycles. The van der Waals surface area contributed by atoms with Gasteiger partial charge in [-0.1, -0.05) is 30.3 Å². The number of rotatable bonds is 5. The Bertz CT molecular complexity index is 675. The molecule has 2 aromatic rings. The van der Waals surface area contributed by atoms with Crippen molar-refractivity contribution in [2.24, 2.45) is 0 Å². The molecule has 1 aliphatic heterocycles. The van der Waals surface area contributed by atoms with Crippen molar-refractivity contribution >= 4 is 18.3 Å². The number of amides is 1. The Hall–Kier alpha value is -1.78. The highest BCUT2D eigenvalue weighted by molar-refractivity contribution is 5.95. The minimum atomic E-state index is 0. The molecule has 4 nitrogen and oxygen atoms in total. The van der Waals surface area contributed by atoms with Crippen molar-refractivity contribution in [3.05, 3.63) is 58.9 Å². The first-order valence-corrected chi connectivity index (χ1v) is 8.37. The van der Waals surface area contributed by atoms with Gasteiger partial charge in [-0.25, -0.2) is 0 Å². The van der Waals surface area contributed by atoms with Crippen LogP contribution in [0.15, 0.2) is 36.4 Å². The van der Waals surface area contributed by atoms with Crippen LogP contribution in [-0.4, -0.2) is 29.6 Å². The Balaban J connectivity index is 0.00000208. The van der Waals surface area contributed by atoms with Crippen LogP contribution in [0.3, 0.4) is 0 Å². The first kappa shape index (κ1) is 18.6. The molecule has 0 aliphatic carbocycles. The third-order valence-corrected chi connectivity index (χ3v) is 4.67. The molecule has 0 radical (unpaired) electrons. The van der Waals surface area contributed by atoms with Gasteiger partial charge in [0.1, 0.15) is 0 Å². The number of nitrogens with zero attached hydrogens (tertiary/aromatic N) is 1. The molecule has 1 aliphatic rings. The number of carbonyl (C=O) groups is 1. The number of aromatic nitrogens is 1. The van der Waals surface area contributed by atoms with Crippen LogP contribution < -0.4 is 10.6 Å². The zero-order valence-electron chi connectivity index (χ0n) is 14.3. The SMILES string of the molecule is Cc1cc(C(=O)NCC2CCCN2)c(C)n1Cc1ccccc1.Cl. The highest BCUT2D eigenvalue weighted by Crippen LogP contribution is 2.17. The summed E-state index contributed by atoms with van der Waals surface area (Å²) < 4.78 is 2.21. The van der Waals surface area contributed by atoms with E-state index in [1.807, 2.05) is 31.2 Å². The second-order valence-electron chi connectivity index (χ2n) is 6.36. The maximum absolute atomic E-state index is 12.5. The zero-order valence-corrected chi connectivity index (χ0v) is 15.2. The van der Waals surface area contributed by atoms with Crippen LogP contribution in [0.4, 0.5) is 0 Å². The normalized spacial score (nSPS) is 16.7. The summed E-state index contributed by atoms with van der Waals surface area (Å²) in [5.41, 5.74) is 4.19. The fourth-order valence-corrected chi connectivity index (χ4v) is 3.28. The van der Waals surface area contributed by atoms with Gasteiger partial charge < -0.3 is 15.2 Å². The van der Waals surface area contributed by atoms with Gasteiger partial charge in [-0.05, 0) is 44.9 Å². The molecule has 2 N–H and O–H groups in total. The van der Waals surface area contributed by atoms with Crippen molar-refractivity contribution in [1.29, 1.82) is 0 Å². The van der Waals surface area contributed by atoms with Crippen LogP contribution in [0, 0.1) is 13.8 Å². The van der Waals surface area contributed by atoms with Crippen molar-refractivity contribution in [3.63, 3.8) is 0 Å². The number of aryl methyl sites for hydroxylation is 1. The van der Waals surface area contributed by atoms with Crippen LogP contribution in [0.25, 0.3) is 0 Å². The van der Waals surface area contributed by atoms with Gasteiger partial charge in [-0.2, -0.15) is 0 Å². The predicted molar refractivity (Wildman–Crippen MR) is 100 cm³/mol. The van der Waals surface area contributed by atoms with E-state index in [2.05, 4.69) is 34.3 Å². The molecule has 0 spiro atoms. The third-order valence-electron chi connectivity index (χ3n) is 4.67. The lowest BCUT2D eigenvalue weighted by atomic mass is 10.2. The van der Waals surface area contributed by atoms with E-state index >= 15 is 0 Å². The van der Waals surface area contributed by atoms with Gasteiger partial charge >= 0.3 is 0 Å². The van der Waals surface area contributed by atoms with Gasteiger partial charge in [0.15, 0.2) is 0 Å². The molecule has 5 heteroatoms. The minimum absolute atomic E-state index is 0. The average molecular weight is 348 g/mol. The standard InChI is InChI=1S/C19H25N3O.ClH/c1-14-11-18(19(23)21-12-17-9-6-10-20-17)15(2)22(14)13-16-7-4-3-5-8-16;/h3-5,7-8,11,17,20H,6,9-10,12-13H2,1-2H3,(H,21,23);1H. The number of halogens is 1. The van der Waals surface area contributed by atoms with Crippen LogP contribution in [-0.2, 0) is 6.54 Å². The summed E-state index contributed by atoms with van der Waals surface area (Å²) in [7, 11) is 0. The topological polar surface area (TPSA) is 46.1 Å². The fraction of sp³-hybridized carbons (Fsp3) is 0.421. The first-order chi connectivity index (χ1) is 11.1. The molecule has 1 aromatic carbocycles. The Kier molecular flexibility index (Phi) is 6.46. The molecule has 1 fully saturated rings. The maximum Gasteiger partial charge on any atom is 0.253 e. The van der Waals surface area contributed by atoms with Crippen LogP contribution in [0.5, 0.6) is 0 Å². The molecule has 3 rings (SSSR count). The van der Waals surface area contributed by atoms with E-state index in [0.717, 1.165) is 36.5 Å². The van der Waals surface area contributed by atoms with E-state index in [4.69, 9.17) is 0 Å². The summed E-state index contributed by atoms with van der Waals surface area (Å²) in [6, 6.07) is 12.8. The van der Waals surface area contributed by atoms with Gasteiger partial charge in [0.05, 0.1) is 5.56 Å². The van der Waals surface area contributed by atoms with E-state index in [9.17, 15) is 4.79 Å². The molecule has 0 saturated carbocycles. The van der Waals surface area contributed by atoms with E-state index in [1.165, 1.54) is 12.0 Å². The number of nitrogens with one attached hydrogen (secondary N) is 2. The van der Waals surface area contributed by atoms with Crippen molar-refractivity contribution in [3.8, 4) is 0 Å². The Morgan fingerprint density at radius 3 is 2.71 bits per heavy atom. The molecule has 2 heterocycles. The summed E-state index contributed by atoms with van der Waals surface area (Å²) in [6.07, 6.45) is 2.35. The van der Waals surface area contributed by atoms with E-state index in [1.54, 1.807) is 0 Å².